The topological polar surface area (TPSA) is 101 Å². The van der Waals surface area contributed by atoms with E-state index in [1.807, 2.05) is 12.1 Å². The minimum Gasteiger partial charge on any atom is -0.389 e. The monoisotopic (exact) mass is 301 g/mol. The van der Waals surface area contributed by atoms with E-state index in [2.05, 4.69) is 15.0 Å². The molecule has 0 aliphatic carbocycles. The first-order valence-corrected chi connectivity index (χ1v) is 8.21. The molecular weight excluding hydrogens is 282 g/mol. The van der Waals surface area contributed by atoms with Gasteiger partial charge in [-0.3, -0.25) is 4.98 Å². The SMILES string of the molecule is CS(=O)(=O)NCC1OCC(NCc2ccncc2)C1O. The molecule has 0 amide bonds. The number of nitrogens with one attached hydrogen (secondary N) is 2. The van der Waals surface area contributed by atoms with Crippen LogP contribution in [0.3, 0.4) is 0 Å². The molecule has 3 atom stereocenters. The van der Waals surface area contributed by atoms with E-state index in [0.29, 0.717) is 13.2 Å². The molecule has 0 radical (unpaired) electrons. The highest BCUT2D eigenvalue weighted by Gasteiger charge is 2.35. The molecule has 3 unspecified atom stereocenters. The summed E-state index contributed by atoms with van der Waals surface area (Å²) in [7, 11) is -3.28. The van der Waals surface area contributed by atoms with Crippen LogP contribution in [0.4, 0.5) is 0 Å². The number of nitrogens with zero attached hydrogens (tertiary/aromatic N) is 1. The van der Waals surface area contributed by atoms with Gasteiger partial charge in [0, 0.05) is 25.5 Å². The van der Waals surface area contributed by atoms with Crippen LogP contribution in [0.15, 0.2) is 24.5 Å². The molecular formula is C12H19N3O4S. The third-order valence-corrected chi connectivity index (χ3v) is 3.84. The van der Waals surface area contributed by atoms with Gasteiger partial charge < -0.3 is 15.2 Å². The van der Waals surface area contributed by atoms with E-state index in [1.165, 1.54) is 0 Å². The van der Waals surface area contributed by atoms with Crippen molar-refractivity contribution in [3.05, 3.63) is 30.1 Å². The van der Waals surface area contributed by atoms with Crippen molar-refractivity contribution >= 4 is 10.0 Å². The summed E-state index contributed by atoms with van der Waals surface area (Å²) in [6.07, 6.45) is 3.22. The molecule has 7 nitrogen and oxygen atoms in total. The van der Waals surface area contributed by atoms with Crippen LogP contribution < -0.4 is 10.0 Å². The Hall–Kier alpha value is -1.06. The van der Waals surface area contributed by atoms with Crippen LogP contribution in [0, 0.1) is 0 Å². The second kappa shape index (κ2) is 6.59. The van der Waals surface area contributed by atoms with E-state index in [-0.39, 0.29) is 12.6 Å². The van der Waals surface area contributed by atoms with Crippen molar-refractivity contribution in [3.63, 3.8) is 0 Å². The third kappa shape index (κ3) is 4.50. The maximum Gasteiger partial charge on any atom is 0.208 e. The highest BCUT2D eigenvalue weighted by molar-refractivity contribution is 7.88. The lowest BCUT2D eigenvalue weighted by atomic mass is 10.1. The van der Waals surface area contributed by atoms with Gasteiger partial charge in [-0.25, -0.2) is 13.1 Å². The number of hydrogen-bond acceptors (Lipinski definition) is 6. The Bertz CT molecular complexity index is 523. The summed E-state index contributed by atoms with van der Waals surface area (Å²) in [5.41, 5.74) is 1.06. The molecule has 1 aromatic rings. The third-order valence-electron chi connectivity index (χ3n) is 3.15. The first kappa shape index (κ1) is 15.3. The molecule has 0 saturated carbocycles. The molecule has 112 valence electrons. The normalized spacial score (nSPS) is 26.8. The summed E-state index contributed by atoms with van der Waals surface area (Å²) in [5, 5.41) is 13.3. The molecule has 1 saturated heterocycles. The molecule has 0 spiro atoms. The second-order valence-corrected chi connectivity index (χ2v) is 6.66. The predicted octanol–water partition coefficient (Wildman–Crippen LogP) is -1.15. The fourth-order valence-corrected chi connectivity index (χ4v) is 2.49. The molecule has 1 fully saturated rings. The van der Waals surface area contributed by atoms with Gasteiger partial charge in [-0.15, -0.1) is 0 Å². The van der Waals surface area contributed by atoms with Crippen LogP contribution in [0.1, 0.15) is 5.56 Å². The van der Waals surface area contributed by atoms with Crippen LogP contribution >= 0.6 is 0 Å². The summed E-state index contributed by atoms with van der Waals surface area (Å²) < 4.78 is 29.8. The van der Waals surface area contributed by atoms with E-state index in [0.717, 1.165) is 11.8 Å². The van der Waals surface area contributed by atoms with Crippen LogP contribution in [-0.4, -0.2) is 56.2 Å². The first-order valence-electron chi connectivity index (χ1n) is 6.32. The lowest BCUT2D eigenvalue weighted by Crippen LogP contribution is -2.44. The number of pyridine rings is 1. The van der Waals surface area contributed by atoms with E-state index in [9.17, 15) is 13.5 Å². The Balaban J connectivity index is 1.80. The Morgan fingerprint density at radius 1 is 1.45 bits per heavy atom. The van der Waals surface area contributed by atoms with E-state index >= 15 is 0 Å². The number of aliphatic hydroxyl groups excluding tert-OH is 1. The molecule has 1 aromatic heterocycles. The van der Waals surface area contributed by atoms with Gasteiger partial charge >= 0.3 is 0 Å². The van der Waals surface area contributed by atoms with Gasteiger partial charge in [0.1, 0.15) is 0 Å². The van der Waals surface area contributed by atoms with Gasteiger partial charge in [0.15, 0.2) is 0 Å². The number of sulfonamides is 1. The number of rotatable bonds is 6. The number of ether oxygens (including phenoxy) is 1. The molecule has 0 aromatic carbocycles. The lowest BCUT2D eigenvalue weighted by molar-refractivity contribution is 0.0444. The van der Waals surface area contributed by atoms with Crippen LogP contribution in [0.5, 0.6) is 0 Å². The molecule has 3 N–H and O–H groups in total. The molecule has 2 rings (SSSR count). The second-order valence-electron chi connectivity index (χ2n) is 4.83. The van der Waals surface area contributed by atoms with Crippen LogP contribution in [-0.2, 0) is 21.3 Å². The zero-order valence-corrected chi connectivity index (χ0v) is 12.0. The van der Waals surface area contributed by atoms with Crippen molar-refractivity contribution < 1.29 is 18.3 Å². The highest BCUT2D eigenvalue weighted by Crippen LogP contribution is 2.14. The quantitative estimate of drug-likeness (QED) is 0.613. The van der Waals surface area contributed by atoms with Gasteiger partial charge in [0.05, 0.1) is 31.1 Å². The summed E-state index contributed by atoms with van der Waals surface area (Å²) in [6, 6.07) is 3.56. The number of hydrogen-bond donors (Lipinski definition) is 3. The van der Waals surface area contributed by atoms with Crippen molar-refractivity contribution in [1.82, 2.24) is 15.0 Å². The molecule has 1 aliphatic heterocycles. The zero-order chi connectivity index (χ0) is 14.6. The fraction of sp³-hybridized carbons (Fsp3) is 0.583. The standard InChI is InChI=1S/C12H19N3O4S/c1-20(17,18)15-7-11-12(16)10(8-19-11)14-6-9-2-4-13-5-3-9/h2-5,10-12,14-16H,6-8H2,1H3. The average molecular weight is 301 g/mol. The van der Waals surface area contributed by atoms with Gasteiger partial charge in [-0.2, -0.15) is 0 Å². The van der Waals surface area contributed by atoms with Gasteiger partial charge in [-0.1, -0.05) is 0 Å². The summed E-state index contributed by atoms with van der Waals surface area (Å²) in [5.74, 6) is 0. The van der Waals surface area contributed by atoms with Crippen molar-refractivity contribution in [3.8, 4) is 0 Å². The zero-order valence-electron chi connectivity index (χ0n) is 11.2. The first-order chi connectivity index (χ1) is 9.46. The van der Waals surface area contributed by atoms with Crippen molar-refractivity contribution in [2.75, 3.05) is 19.4 Å². The minimum absolute atomic E-state index is 0.0768. The largest absolute Gasteiger partial charge is 0.389 e. The van der Waals surface area contributed by atoms with Gasteiger partial charge in [0.2, 0.25) is 10.0 Å². The van der Waals surface area contributed by atoms with Crippen LogP contribution in [0.2, 0.25) is 0 Å². The molecule has 8 heteroatoms. The Kier molecular flexibility index (Phi) is 5.06. The van der Waals surface area contributed by atoms with Crippen LogP contribution in [0.25, 0.3) is 0 Å². The van der Waals surface area contributed by atoms with Gasteiger partial charge in [0.25, 0.3) is 0 Å². The minimum atomic E-state index is -3.28. The molecule has 2 heterocycles. The smallest absolute Gasteiger partial charge is 0.208 e. The van der Waals surface area contributed by atoms with Crippen molar-refractivity contribution in [1.29, 1.82) is 0 Å². The van der Waals surface area contributed by atoms with E-state index in [4.69, 9.17) is 4.74 Å². The lowest BCUT2D eigenvalue weighted by Gasteiger charge is -2.18. The molecule has 1 aliphatic rings. The average Bonchev–Trinajstić information content (AvgIpc) is 2.75. The summed E-state index contributed by atoms with van der Waals surface area (Å²) in [4.78, 5) is 3.93. The maximum atomic E-state index is 11.0. The van der Waals surface area contributed by atoms with E-state index in [1.54, 1.807) is 12.4 Å². The number of aliphatic hydroxyl groups is 1. The highest BCUT2D eigenvalue weighted by atomic mass is 32.2. The Morgan fingerprint density at radius 2 is 2.15 bits per heavy atom. The van der Waals surface area contributed by atoms with Crippen molar-refractivity contribution in [2.24, 2.45) is 0 Å². The van der Waals surface area contributed by atoms with Crippen molar-refractivity contribution in [2.45, 2.75) is 24.8 Å². The van der Waals surface area contributed by atoms with Gasteiger partial charge in [-0.05, 0) is 17.7 Å². The summed E-state index contributed by atoms with van der Waals surface area (Å²) in [6.45, 7) is 1.02. The number of aromatic nitrogens is 1. The molecule has 20 heavy (non-hydrogen) atoms. The Morgan fingerprint density at radius 3 is 2.80 bits per heavy atom. The summed E-state index contributed by atoms with van der Waals surface area (Å²) >= 11 is 0. The fourth-order valence-electron chi connectivity index (χ4n) is 2.03. The predicted molar refractivity (Wildman–Crippen MR) is 73.5 cm³/mol. The van der Waals surface area contributed by atoms with E-state index < -0.39 is 22.2 Å². The Labute approximate surface area is 118 Å². The maximum absolute atomic E-state index is 11.0. The molecule has 0 bridgehead atoms.